The standard InChI is InChI=1S/C20H25BrClN3O3/c1-12-11-24(6-7-25(12)19(26)28-20(2,3)4)18-13-8-15(22)14(21)9-16(13)23-10-17(18)27-5/h8-10,12H,6-7,11H2,1-5H3. The Hall–Kier alpha value is -1.73. The maximum Gasteiger partial charge on any atom is 0.410 e. The number of nitrogens with zero attached hydrogens (tertiary/aromatic N) is 3. The summed E-state index contributed by atoms with van der Waals surface area (Å²) in [5.74, 6) is 0.684. The van der Waals surface area contributed by atoms with Crippen molar-refractivity contribution in [1.82, 2.24) is 9.88 Å². The number of ether oxygens (including phenoxy) is 2. The van der Waals surface area contributed by atoms with Gasteiger partial charge in [-0.15, -0.1) is 0 Å². The lowest BCUT2D eigenvalue weighted by molar-refractivity contribution is 0.0159. The number of piperazine rings is 1. The number of rotatable bonds is 2. The van der Waals surface area contributed by atoms with Gasteiger partial charge in [0, 0.05) is 35.5 Å². The first-order valence-corrected chi connectivity index (χ1v) is 10.3. The number of hydrogen-bond donors (Lipinski definition) is 0. The molecule has 1 aliphatic heterocycles. The van der Waals surface area contributed by atoms with Crippen LogP contribution < -0.4 is 9.64 Å². The predicted molar refractivity (Wildman–Crippen MR) is 116 cm³/mol. The normalized spacial score (nSPS) is 17.8. The second-order valence-electron chi connectivity index (χ2n) is 7.93. The molecule has 152 valence electrons. The molecule has 1 aromatic heterocycles. The molecule has 0 bridgehead atoms. The summed E-state index contributed by atoms with van der Waals surface area (Å²) in [6, 6.07) is 3.79. The van der Waals surface area contributed by atoms with Gasteiger partial charge in [0.1, 0.15) is 5.60 Å². The fourth-order valence-electron chi connectivity index (χ4n) is 3.38. The van der Waals surface area contributed by atoms with Gasteiger partial charge in [-0.05, 0) is 55.8 Å². The summed E-state index contributed by atoms with van der Waals surface area (Å²) in [6.45, 7) is 9.53. The van der Waals surface area contributed by atoms with E-state index < -0.39 is 5.60 Å². The molecule has 28 heavy (non-hydrogen) atoms. The Morgan fingerprint density at radius 3 is 2.64 bits per heavy atom. The van der Waals surface area contributed by atoms with Crippen molar-refractivity contribution in [2.45, 2.75) is 39.3 Å². The third kappa shape index (κ3) is 4.30. The molecular formula is C20H25BrClN3O3. The van der Waals surface area contributed by atoms with Gasteiger partial charge in [0.05, 0.1) is 29.5 Å². The highest BCUT2D eigenvalue weighted by atomic mass is 79.9. The van der Waals surface area contributed by atoms with Gasteiger partial charge < -0.3 is 19.3 Å². The van der Waals surface area contributed by atoms with Gasteiger partial charge in [0.2, 0.25) is 0 Å². The minimum Gasteiger partial charge on any atom is -0.493 e. The zero-order valence-corrected chi connectivity index (χ0v) is 19.1. The number of halogens is 2. The van der Waals surface area contributed by atoms with Crippen LogP contribution in [0.25, 0.3) is 10.9 Å². The van der Waals surface area contributed by atoms with Crippen LogP contribution in [0.5, 0.6) is 5.75 Å². The highest BCUT2D eigenvalue weighted by Gasteiger charge is 2.32. The maximum absolute atomic E-state index is 12.5. The summed E-state index contributed by atoms with van der Waals surface area (Å²) in [5, 5.41) is 1.54. The molecule has 2 aromatic rings. The summed E-state index contributed by atoms with van der Waals surface area (Å²) in [6.07, 6.45) is 1.45. The van der Waals surface area contributed by atoms with E-state index in [2.05, 4.69) is 25.8 Å². The molecule has 8 heteroatoms. The molecule has 1 unspecified atom stereocenters. The van der Waals surface area contributed by atoms with Gasteiger partial charge in [0.15, 0.2) is 5.75 Å². The average molecular weight is 471 g/mol. The molecule has 0 aliphatic carbocycles. The lowest BCUT2D eigenvalue weighted by Crippen LogP contribution is -2.55. The minimum absolute atomic E-state index is 0.0116. The van der Waals surface area contributed by atoms with Crippen molar-refractivity contribution in [3.8, 4) is 5.75 Å². The number of hydrogen-bond acceptors (Lipinski definition) is 5. The molecule has 0 saturated carbocycles. The molecule has 6 nitrogen and oxygen atoms in total. The molecule has 1 saturated heterocycles. The molecule has 0 radical (unpaired) electrons. The van der Waals surface area contributed by atoms with Crippen LogP contribution in [0.4, 0.5) is 10.5 Å². The topological polar surface area (TPSA) is 54.9 Å². The van der Waals surface area contributed by atoms with E-state index in [0.29, 0.717) is 30.4 Å². The van der Waals surface area contributed by atoms with Crippen molar-refractivity contribution in [3.05, 3.63) is 27.8 Å². The number of fused-ring (bicyclic) bond motifs is 1. The number of methoxy groups -OCH3 is 1. The van der Waals surface area contributed by atoms with Crippen molar-refractivity contribution in [3.63, 3.8) is 0 Å². The van der Waals surface area contributed by atoms with Gasteiger partial charge in [-0.3, -0.25) is 4.98 Å². The number of amides is 1. The molecular weight excluding hydrogens is 446 g/mol. The molecule has 2 heterocycles. The Bertz CT molecular complexity index is 900. The second-order valence-corrected chi connectivity index (χ2v) is 9.19. The lowest BCUT2D eigenvalue weighted by atomic mass is 10.1. The number of carbonyl (C=O) groups excluding carboxylic acids is 1. The van der Waals surface area contributed by atoms with Crippen molar-refractivity contribution >= 4 is 50.2 Å². The Balaban J connectivity index is 1.92. The first kappa shape index (κ1) is 21.0. The molecule has 1 aliphatic rings. The zero-order valence-electron chi connectivity index (χ0n) is 16.8. The highest BCUT2D eigenvalue weighted by molar-refractivity contribution is 9.10. The fraction of sp³-hybridized carbons (Fsp3) is 0.500. The van der Waals surface area contributed by atoms with Crippen molar-refractivity contribution in [1.29, 1.82) is 0 Å². The van der Waals surface area contributed by atoms with E-state index in [4.69, 9.17) is 21.1 Å². The van der Waals surface area contributed by atoms with Gasteiger partial charge in [0.25, 0.3) is 0 Å². The van der Waals surface area contributed by atoms with Crippen LogP contribution in [0.15, 0.2) is 22.8 Å². The predicted octanol–water partition coefficient (Wildman–Crippen LogP) is 5.10. The van der Waals surface area contributed by atoms with Crippen molar-refractivity contribution in [2.24, 2.45) is 0 Å². The van der Waals surface area contributed by atoms with E-state index in [1.165, 1.54) is 0 Å². The van der Waals surface area contributed by atoms with Crippen LogP contribution in [0.1, 0.15) is 27.7 Å². The van der Waals surface area contributed by atoms with E-state index in [-0.39, 0.29) is 12.1 Å². The zero-order chi connectivity index (χ0) is 20.6. The summed E-state index contributed by atoms with van der Waals surface area (Å²) in [7, 11) is 1.63. The molecule has 0 spiro atoms. The van der Waals surface area contributed by atoms with Crippen molar-refractivity contribution < 1.29 is 14.3 Å². The first-order chi connectivity index (χ1) is 13.1. The summed E-state index contributed by atoms with van der Waals surface area (Å²) in [5.41, 5.74) is 1.26. The second kappa shape index (κ2) is 7.95. The van der Waals surface area contributed by atoms with Crippen LogP contribution in [-0.2, 0) is 4.74 Å². The van der Waals surface area contributed by atoms with E-state index in [0.717, 1.165) is 21.1 Å². The quantitative estimate of drug-likeness (QED) is 0.611. The Labute approximate surface area is 178 Å². The largest absolute Gasteiger partial charge is 0.493 e. The van der Waals surface area contributed by atoms with Crippen LogP contribution in [-0.4, -0.2) is 54.4 Å². The molecule has 1 amide bonds. The number of aromatic nitrogens is 1. The van der Waals surface area contributed by atoms with Crippen LogP contribution in [0, 0.1) is 0 Å². The van der Waals surface area contributed by atoms with Gasteiger partial charge in [-0.2, -0.15) is 0 Å². The van der Waals surface area contributed by atoms with E-state index in [1.807, 2.05) is 39.8 Å². The first-order valence-electron chi connectivity index (χ1n) is 9.17. The number of carbonyl (C=O) groups is 1. The Morgan fingerprint density at radius 1 is 1.32 bits per heavy atom. The van der Waals surface area contributed by atoms with E-state index >= 15 is 0 Å². The van der Waals surface area contributed by atoms with Crippen molar-refractivity contribution in [2.75, 3.05) is 31.6 Å². The third-order valence-electron chi connectivity index (χ3n) is 4.64. The van der Waals surface area contributed by atoms with E-state index in [1.54, 1.807) is 18.2 Å². The SMILES string of the molecule is COc1cnc2cc(Br)c(Cl)cc2c1N1CCN(C(=O)OC(C)(C)C)C(C)C1. The molecule has 1 atom stereocenters. The monoisotopic (exact) mass is 469 g/mol. The molecule has 0 N–H and O–H groups in total. The Morgan fingerprint density at radius 2 is 2.04 bits per heavy atom. The lowest BCUT2D eigenvalue weighted by Gasteiger charge is -2.41. The maximum atomic E-state index is 12.5. The average Bonchev–Trinajstić information content (AvgIpc) is 2.60. The van der Waals surface area contributed by atoms with Crippen LogP contribution >= 0.6 is 27.5 Å². The van der Waals surface area contributed by atoms with Crippen LogP contribution in [0.3, 0.4) is 0 Å². The molecule has 1 aromatic carbocycles. The smallest absolute Gasteiger partial charge is 0.410 e. The fourth-order valence-corrected chi connectivity index (χ4v) is 3.88. The summed E-state index contributed by atoms with van der Waals surface area (Å²) in [4.78, 5) is 21.0. The molecule has 3 rings (SSSR count). The Kier molecular flexibility index (Phi) is 5.96. The van der Waals surface area contributed by atoms with E-state index in [9.17, 15) is 4.79 Å². The highest BCUT2D eigenvalue weighted by Crippen LogP contribution is 2.39. The van der Waals surface area contributed by atoms with Crippen LogP contribution in [0.2, 0.25) is 5.02 Å². The number of benzene rings is 1. The molecule has 1 fully saturated rings. The van der Waals surface area contributed by atoms with Gasteiger partial charge in [-0.25, -0.2) is 4.79 Å². The van der Waals surface area contributed by atoms with Gasteiger partial charge >= 0.3 is 6.09 Å². The van der Waals surface area contributed by atoms with Gasteiger partial charge in [-0.1, -0.05) is 11.6 Å². The summed E-state index contributed by atoms with van der Waals surface area (Å²) >= 11 is 9.80. The third-order valence-corrected chi connectivity index (χ3v) is 5.84. The summed E-state index contributed by atoms with van der Waals surface area (Å²) < 4.78 is 11.9. The number of anilines is 1. The number of pyridine rings is 1. The minimum atomic E-state index is -0.511.